The summed E-state index contributed by atoms with van der Waals surface area (Å²) in [6.07, 6.45) is 32.2. The summed E-state index contributed by atoms with van der Waals surface area (Å²) in [6, 6.07) is 0. The predicted molar refractivity (Wildman–Crippen MR) is 151 cm³/mol. The van der Waals surface area contributed by atoms with E-state index >= 15 is 0 Å². The first-order chi connectivity index (χ1) is 16.1. The molecule has 0 amide bonds. The number of hydrogen-bond acceptors (Lipinski definition) is 1. The van der Waals surface area contributed by atoms with Gasteiger partial charge in [0, 0.05) is 0 Å². The highest BCUT2D eigenvalue weighted by Gasteiger charge is 2.39. The van der Waals surface area contributed by atoms with Gasteiger partial charge in [0.25, 0.3) is 0 Å². The molecule has 1 heteroatoms. The van der Waals surface area contributed by atoms with Gasteiger partial charge in [-0.25, -0.2) is 0 Å². The third kappa shape index (κ3) is 16.3. The molecule has 1 nitrogen and oxygen atoms in total. The molecular formula is C32H66O. The van der Waals surface area contributed by atoms with Crippen LogP contribution in [-0.4, -0.2) is 11.2 Å². The Balaban J connectivity index is 5.10. The van der Waals surface area contributed by atoms with Gasteiger partial charge in [0.15, 0.2) is 0 Å². The van der Waals surface area contributed by atoms with Crippen LogP contribution in [0.25, 0.3) is 0 Å². The molecule has 0 saturated heterocycles. The summed E-state index contributed by atoms with van der Waals surface area (Å²) in [5.74, 6) is 0. The molecular weight excluding hydrogens is 400 g/mol. The Morgan fingerprint density at radius 1 is 0.303 bits per heavy atom. The lowest BCUT2D eigenvalue weighted by molar-refractivity contribution is -0.181. The van der Waals surface area contributed by atoms with Gasteiger partial charge in [0.05, 0.1) is 11.2 Å². The number of unbranched alkanes of at least 4 members (excludes halogenated alkanes) is 12. The van der Waals surface area contributed by atoms with Crippen molar-refractivity contribution in [2.75, 3.05) is 0 Å². The quantitative estimate of drug-likeness (QED) is 0.115. The molecule has 0 aromatic carbocycles. The molecule has 0 bridgehead atoms. The smallest absolute Gasteiger partial charge is 0.0689 e. The van der Waals surface area contributed by atoms with Crippen LogP contribution in [0.3, 0.4) is 0 Å². The van der Waals surface area contributed by atoms with Crippen molar-refractivity contribution < 1.29 is 4.74 Å². The lowest BCUT2D eigenvalue weighted by Crippen LogP contribution is -2.45. The number of ether oxygens (including phenoxy) is 1. The van der Waals surface area contributed by atoms with Gasteiger partial charge < -0.3 is 4.74 Å². The van der Waals surface area contributed by atoms with Crippen molar-refractivity contribution >= 4 is 0 Å². The average Bonchev–Trinajstić information content (AvgIpc) is 2.78. The fourth-order valence-electron chi connectivity index (χ4n) is 6.15. The molecule has 0 radical (unpaired) electrons. The van der Waals surface area contributed by atoms with Gasteiger partial charge in [-0.15, -0.1) is 0 Å². The second kappa shape index (κ2) is 22.4. The second-order valence-electron chi connectivity index (χ2n) is 11.2. The van der Waals surface area contributed by atoms with Crippen LogP contribution < -0.4 is 0 Å². The standard InChI is InChI=1S/C32H66O/c1-7-13-15-17-19-21-23-29-31(25-9-3,26-10-4)33-32(27-11-5,28-12-6)30-24-22-20-18-16-14-8-2/h7-30H2,1-6H3. The van der Waals surface area contributed by atoms with E-state index in [2.05, 4.69) is 41.5 Å². The van der Waals surface area contributed by atoms with Gasteiger partial charge in [-0.05, 0) is 38.5 Å². The fraction of sp³-hybridized carbons (Fsp3) is 1.00. The van der Waals surface area contributed by atoms with E-state index in [1.165, 1.54) is 154 Å². The van der Waals surface area contributed by atoms with Gasteiger partial charge in [0.1, 0.15) is 0 Å². The summed E-state index contributed by atoms with van der Waals surface area (Å²) in [6.45, 7) is 14.1. The van der Waals surface area contributed by atoms with Crippen molar-refractivity contribution in [2.24, 2.45) is 0 Å². The Labute approximate surface area is 211 Å². The first kappa shape index (κ1) is 33.0. The predicted octanol–water partition coefficient (Wildman–Crippen LogP) is 12.0. The van der Waals surface area contributed by atoms with E-state index in [0.29, 0.717) is 0 Å². The first-order valence-electron chi connectivity index (χ1n) is 15.8. The van der Waals surface area contributed by atoms with Crippen molar-refractivity contribution in [1.29, 1.82) is 0 Å². The Hall–Kier alpha value is -0.0400. The zero-order valence-electron chi connectivity index (χ0n) is 24.4. The van der Waals surface area contributed by atoms with Crippen LogP contribution in [0.2, 0.25) is 0 Å². The Morgan fingerprint density at radius 3 is 0.848 bits per heavy atom. The molecule has 0 unspecified atom stereocenters. The van der Waals surface area contributed by atoms with Crippen molar-refractivity contribution in [2.45, 2.75) is 207 Å². The highest BCUT2D eigenvalue weighted by atomic mass is 16.5. The summed E-state index contributed by atoms with van der Waals surface area (Å²) in [4.78, 5) is 0. The zero-order chi connectivity index (χ0) is 24.7. The Morgan fingerprint density at radius 2 is 0.576 bits per heavy atom. The van der Waals surface area contributed by atoms with Gasteiger partial charge in [0.2, 0.25) is 0 Å². The van der Waals surface area contributed by atoms with Crippen LogP contribution in [0.15, 0.2) is 0 Å². The van der Waals surface area contributed by atoms with Crippen LogP contribution >= 0.6 is 0 Å². The fourth-order valence-corrected chi connectivity index (χ4v) is 6.15. The molecule has 0 heterocycles. The summed E-state index contributed by atoms with van der Waals surface area (Å²) in [7, 11) is 0. The molecule has 200 valence electrons. The Kier molecular flexibility index (Phi) is 22.4. The summed E-state index contributed by atoms with van der Waals surface area (Å²) < 4.78 is 7.48. The molecule has 0 N–H and O–H groups in total. The van der Waals surface area contributed by atoms with E-state index in [4.69, 9.17) is 4.74 Å². The van der Waals surface area contributed by atoms with E-state index in [9.17, 15) is 0 Å². The van der Waals surface area contributed by atoms with E-state index in [-0.39, 0.29) is 11.2 Å². The molecule has 0 atom stereocenters. The Bertz CT molecular complexity index is 340. The van der Waals surface area contributed by atoms with Crippen LogP contribution in [-0.2, 0) is 4.74 Å². The second-order valence-corrected chi connectivity index (χ2v) is 11.2. The molecule has 0 spiro atoms. The summed E-state index contributed by atoms with van der Waals surface area (Å²) >= 11 is 0. The molecule has 0 aromatic heterocycles. The summed E-state index contributed by atoms with van der Waals surface area (Å²) in [5, 5.41) is 0. The van der Waals surface area contributed by atoms with E-state index in [1.807, 2.05) is 0 Å². The van der Waals surface area contributed by atoms with E-state index in [1.54, 1.807) is 0 Å². The molecule has 0 aliphatic carbocycles. The van der Waals surface area contributed by atoms with Crippen molar-refractivity contribution in [3.05, 3.63) is 0 Å². The van der Waals surface area contributed by atoms with E-state index < -0.39 is 0 Å². The highest BCUT2D eigenvalue weighted by Crippen LogP contribution is 2.41. The normalized spacial score (nSPS) is 12.5. The van der Waals surface area contributed by atoms with Gasteiger partial charge in [-0.1, -0.05) is 157 Å². The molecule has 0 saturated carbocycles. The van der Waals surface area contributed by atoms with Crippen LogP contribution in [0.4, 0.5) is 0 Å². The minimum absolute atomic E-state index is 0.123. The zero-order valence-corrected chi connectivity index (χ0v) is 24.4. The van der Waals surface area contributed by atoms with Crippen molar-refractivity contribution in [3.8, 4) is 0 Å². The van der Waals surface area contributed by atoms with Crippen molar-refractivity contribution in [1.82, 2.24) is 0 Å². The highest BCUT2D eigenvalue weighted by molar-refractivity contribution is 4.89. The van der Waals surface area contributed by atoms with Crippen molar-refractivity contribution in [3.63, 3.8) is 0 Å². The first-order valence-corrected chi connectivity index (χ1v) is 15.8. The monoisotopic (exact) mass is 467 g/mol. The molecule has 33 heavy (non-hydrogen) atoms. The average molecular weight is 467 g/mol. The maximum Gasteiger partial charge on any atom is 0.0689 e. The topological polar surface area (TPSA) is 9.23 Å². The summed E-state index contributed by atoms with van der Waals surface area (Å²) in [5.41, 5.74) is 0.247. The molecule has 0 rings (SSSR count). The molecule has 0 aliphatic rings. The molecule has 0 fully saturated rings. The minimum atomic E-state index is 0.123. The van der Waals surface area contributed by atoms with Crippen LogP contribution in [0.5, 0.6) is 0 Å². The van der Waals surface area contributed by atoms with Crippen LogP contribution in [0.1, 0.15) is 196 Å². The third-order valence-electron chi connectivity index (χ3n) is 7.73. The molecule has 0 aliphatic heterocycles. The maximum atomic E-state index is 7.48. The number of hydrogen-bond donors (Lipinski definition) is 0. The van der Waals surface area contributed by atoms with Gasteiger partial charge >= 0.3 is 0 Å². The number of rotatable bonds is 26. The molecule has 0 aromatic rings. The lowest BCUT2D eigenvalue weighted by atomic mass is 9.81. The van der Waals surface area contributed by atoms with Gasteiger partial charge in [-0.2, -0.15) is 0 Å². The van der Waals surface area contributed by atoms with Gasteiger partial charge in [-0.3, -0.25) is 0 Å². The SMILES string of the molecule is CCCCCCCCCC(CCC)(CCC)OC(CCC)(CCC)CCCCCCCCC. The lowest BCUT2D eigenvalue weighted by Gasteiger charge is -2.45. The van der Waals surface area contributed by atoms with Crippen LogP contribution in [0, 0.1) is 0 Å². The van der Waals surface area contributed by atoms with E-state index in [0.717, 1.165) is 0 Å². The largest absolute Gasteiger partial charge is 0.369 e. The minimum Gasteiger partial charge on any atom is -0.369 e. The third-order valence-corrected chi connectivity index (χ3v) is 7.73. The maximum absolute atomic E-state index is 7.48.